The lowest BCUT2D eigenvalue weighted by Crippen LogP contribution is -2.27. The molecular weight excluding hydrogens is 432 g/mol. The van der Waals surface area contributed by atoms with Crippen molar-refractivity contribution in [2.24, 2.45) is 5.92 Å². The van der Waals surface area contributed by atoms with Crippen LogP contribution in [0.1, 0.15) is 49.7 Å². The van der Waals surface area contributed by atoms with E-state index in [4.69, 9.17) is 9.84 Å². The van der Waals surface area contributed by atoms with Crippen molar-refractivity contribution in [3.05, 3.63) is 71.8 Å². The summed E-state index contributed by atoms with van der Waals surface area (Å²) in [5.74, 6) is -0.769. The van der Waals surface area contributed by atoms with Crippen LogP contribution in [0.15, 0.2) is 60.7 Å². The van der Waals surface area contributed by atoms with E-state index in [2.05, 4.69) is 34.9 Å². The van der Waals surface area contributed by atoms with Crippen LogP contribution in [0.3, 0.4) is 0 Å². The Labute approximate surface area is 200 Å². The molecule has 34 heavy (non-hydrogen) atoms. The molecule has 0 fully saturated rings. The van der Waals surface area contributed by atoms with Crippen molar-refractivity contribution < 1.29 is 24.2 Å². The van der Waals surface area contributed by atoms with Crippen molar-refractivity contribution in [1.82, 2.24) is 10.6 Å². The van der Waals surface area contributed by atoms with E-state index in [9.17, 15) is 14.4 Å². The molecule has 0 saturated heterocycles. The fourth-order valence-electron chi connectivity index (χ4n) is 4.30. The average molecular weight is 465 g/mol. The molecule has 1 atom stereocenters. The van der Waals surface area contributed by atoms with E-state index in [1.807, 2.05) is 31.2 Å². The van der Waals surface area contributed by atoms with Crippen LogP contribution < -0.4 is 10.6 Å². The highest BCUT2D eigenvalue weighted by Gasteiger charge is 2.28. The van der Waals surface area contributed by atoms with E-state index in [0.29, 0.717) is 13.0 Å². The Morgan fingerprint density at radius 3 is 2.26 bits per heavy atom. The predicted octanol–water partition coefficient (Wildman–Crippen LogP) is 4.48. The van der Waals surface area contributed by atoms with Gasteiger partial charge in [0.05, 0.1) is 0 Å². The van der Waals surface area contributed by atoms with E-state index in [0.717, 1.165) is 24.0 Å². The number of amides is 2. The molecule has 1 unspecified atom stereocenters. The Morgan fingerprint density at radius 1 is 1.00 bits per heavy atom. The molecule has 7 nitrogen and oxygen atoms in total. The van der Waals surface area contributed by atoms with Gasteiger partial charge in [0.15, 0.2) is 0 Å². The number of hydrogen-bond donors (Lipinski definition) is 3. The zero-order valence-corrected chi connectivity index (χ0v) is 19.5. The third kappa shape index (κ3) is 6.94. The zero-order valence-electron chi connectivity index (χ0n) is 19.5. The molecular formula is C27H32N2O5. The van der Waals surface area contributed by atoms with E-state index in [1.54, 1.807) is 6.08 Å². The molecule has 0 spiro atoms. The summed E-state index contributed by atoms with van der Waals surface area (Å²) >= 11 is 0. The summed E-state index contributed by atoms with van der Waals surface area (Å²) in [5, 5.41) is 14.2. The molecule has 0 heterocycles. The van der Waals surface area contributed by atoms with Gasteiger partial charge in [-0.25, -0.2) is 4.79 Å². The fourth-order valence-corrected chi connectivity index (χ4v) is 4.30. The van der Waals surface area contributed by atoms with Gasteiger partial charge in [-0.3, -0.25) is 9.59 Å². The van der Waals surface area contributed by atoms with Crippen molar-refractivity contribution >= 4 is 18.0 Å². The largest absolute Gasteiger partial charge is 0.481 e. The standard InChI is InChI=1S/C27H32N2O5/c1-2-19(13-14-26(31)32)15-17-28-25(30)12-7-16-29-27(33)34-18-24-22-10-5-3-8-20(22)21-9-4-6-11-23(21)24/h3-12,19,24H,2,13-18H2,1H3,(H,28,30)(H,29,33)(H,31,32)/b12-7+. The molecule has 7 heteroatoms. The summed E-state index contributed by atoms with van der Waals surface area (Å²) in [6.45, 7) is 2.93. The van der Waals surface area contributed by atoms with Crippen LogP contribution in [0.25, 0.3) is 11.1 Å². The number of fused-ring (bicyclic) bond motifs is 3. The van der Waals surface area contributed by atoms with Gasteiger partial charge in [0.2, 0.25) is 5.91 Å². The van der Waals surface area contributed by atoms with Crippen LogP contribution >= 0.6 is 0 Å². The summed E-state index contributed by atoms with van der Waals surface area (Å²) in [7, 11) is 0. The number of alkyl carbamates (subject to hydrolysis) is 1. The number of nitrogens with one attached hydrogen (secondary N) is 2. The highest BCUT2D eigenvalue weighted by atomic mass is 16.5. The van der Waals surface area contributed by atoms with Crippen LogP contribution in [0.2, 0.25) is 0 Å². The fraction of sp³-hybridized carbons (Fsp3) is 0.370. The van der Waals surface area contributed by atoms with Gasteiger partial charge >= 0.3 is 12.1 Å². The topological polar surface area (TPSA) is 105 Å². The van der Waals surface area contributed by atoms with Gasteiger partial charge in [0, 0.05) is 31.5 Å². The molecule has 3 N–H and O–H groups in total. The zero-order chi connectivity index (χ0) is 24.3. The molecule has 1 aliphatic rings. The summed E-state index contributed by atoms with van der Waals surface area (Å²) in [4.78, 5) is 34.8. The monoisotopic (exact) mass is 464 g/mol. The number of carbonyl (C=O) groups is 3. The van der Waals surface area contributed by atoms with E-state index in [1.165, 1.54) is 17.2 Å². The lowest BCUT2D eigenvalue weighted by atomic mass is 9.97. The first kappa shape index (κ1) is 25.0. The minimum absolute atomic E-state index is 0.00177. The van der Waals surface area contributed by atoms with Crippen LogP contribution in [0.4, 0.5) is 4.79 Å². The van der Waals surface area contributed by atoms with Crippen LogP contribution in [0, 0.1) is 5.92 Å². The molecule has 1 aliphatic carbocycles. The van der Waals surface area contributed by atoms with Gasteiger partial charge in [0.1, 0.15) is 6.61 Å². The van der Waals surface area contributed by atoms with Gasteiger partial charge in [0.25, 0.3) is 0 Å². The maximum atomic E-state index is 12.1. The van der Waals surface area contributed by atoms with Gasteiger partial charge in [-0.05, 0) is 41.0 Å². The number of rotatable bonds is 12. The van der Waals surface area contributed by atoms with Gasteiger partial charge < -0.3 is 20.5 Å². The Morgan fingerprint density at radius 2 is 1.65 bits per heavy atom. The van der Waals surface area contributed by atoms with E-state index in [-0.39, 0.29) is 37.3 Å². The number of ether oxygens (including phenoxy) is 1. The lowest BCUT2D eigenvalue weighted by Gasteiger charge is -2.14. The Bertz CT molecular complexity index is 988. The second-order valence-corrected chi connectivity index (χ2v) is 8.40. The van der Waals surface area contributed by atoms with Crippen molar-refractivity contribution in [2.45, 2.75) is 38.5 Å². The van der Waals surface area contributed by atoms with Gasteiger partial charge in [-0.15, -0.1) is 0 Å². The Kier molecular flexibility index (Phi) is 9.26. The second kappa shape index (κ2) is 12.6. The quantitative estimate of drug-likeness (QED) is 0.402. The third-order valence-electron chi connectivity index (χ3n) is 6.17. The normalized spacial score (nSPS) is 13.2. The summed E-state index contributed by atoms with van der Waals surface area (Å²) in [6.07, 6.45) is 4.79. The van der Waals surface area contributed by atoms with Crippen molar-refractivity contribution in [3.8, 4) is 11.1 Å². The lowest BCUT2D eigenvalue weighted by molar-refractivity contribution is -0.137. The minimum Gasteiger partial charge on any atom is -0.481 e. The van der Waals surface area contributed by atoms with Crippen LogP contribution in [-0.2, 0) is 14.3 Å². The van der Waals surface area contributed by atoms with Crippen molar-refractivity contribution in [3.63, 3.8) is 0 Å². The predicted molar refractivity (Wildman–Crippen MR) is 130 cm³/mol. The van der Waals surface area contributed by atoms with Crippen LogP contribution in [-0.4, -0.2) is 42.8 Å². The van der Waals surface area contributed by atoms with Crippen molar-refractivity contribution in [2.75, 3.05) is 19.7 Å². The first-order valence-corrected chi connectivity index (χ1v) is 11.7. The molecule has 2 aromatic carbocycles. The van der Waals surface area contributed by atoms with Gasteiger partial charge in [-0.1, -0.05) is 68.0 Å². The maximum absolute atomic E-state index is 12.1. The Hall–Kier alpha value is -3.61. The molecule has 0 aromatic heterocycles. The molecule has 0 saturated carbocycles. The Balaban J connectivity index is 1.36. The summed E-state index contributed by atoms with van der Waals surface area (Å²) in [6, 6.07) is 16.3. The van der Waals surface area contributed by atoms with E-state index < -0.39 is 12.1 Å². The number of carboxylic acids is 1. The minimum atomic E-state index is -0.797. The molecule has 2 amide bonds. The number of benzene rings is 2. The number of hydrogen-bond acceptors (Lipinski definition) is 4. The number of carboxylic acid groups (broad SMARTS) is 1. The second-order valence-electron chi connectivity index (χ2n) is 8.40. The average Bonchev–Trinajstić information content (AvgIpc) is 3.16. The number of aliphatic carboxylic acids is 1. The molecule has 2 aromatic rings. The number of carbonyl (C=O) groups excluding carboxylic acids is 2. The molecule has 180 valence electrons. The first-order valence-electron chi connectivity index (χ1n) is 11.7. The SMILES string of the molecule is CCC(CCNC(=O)/C=C/CNC(=O)OCC1c2ccccc2-c2ccccc21)CCC(=O)O. The van der Waals surface area contributed by atoms with Crippen molar-refractivity contribution in [1.29, 1.82) is 0 Å². The summed E-state index contributed by atoms with van der Waals surface area (Å²) in [5.41, 5.74) is 4.66. The van der Waals surface area contributed by atoms with Gasteiger partial charge in [-0.2, -0.15) is 0 Å². The highest BCUT2D eigenvalue weighted by Crippen LogP contribution is 2.44. The smallest absolute Gasteiger partial charge is 0.407 e. The molecule has 0 aliphatic heterocycles. The maximum Gasteiger partial charge on any atom is 0.407 e. The first-order chi connectivity index (χ1) is 16.5. The highest BCUT2D eigenvalue weighted by molar-refractivity contribution is 5.87. The summed E-state index contributed by atoms with van der Waals surface area (Å²) < 4.78 is 5.46. The third-order valence-corrected chi connectivity index (χ3v) is 6.17. The molecule has 3 rings (SSSR count). The van der Waals surface area contributed by atoms with Crippen LogP contribution in [0.5, 0.6) is 0 Å². The molecule has 0 radical (unpaired) electrons. The van der Waals surface area contributed by atoms with E-state index >= 15 is 0 Å². The molecule has 0 bridgehead atoms.